The zero-order valence-corrected chi connectivity index (χ0v) is 11.8. The van der Waals surface area contributed by atoms with Crippen molar-refractivity contribution in [3.63, 3.8) is 0 Å². The molecule has 92 valence electrons. The summed E-state index contributed by atoms with van der Waals surface area (Å²) >= 11 is 0. The molecule has 0 radical (unpaired) electrons. The molecule has 1 unspecified atom stereocenters. The van der Waals surface area contributed by atoms with Crippen LogP contribution in [0.3, 0.4) is 0 Å². The summed E-state index contributed by atoms with van der Waals surface area (Å²) in [6, 6.07) is 10.5. The Kier molecular flexibility index (Phi) is 3.28. The lowest BCUT2D eigenvalue weighted by Crippen LogP contribution is -2.63. The maximum absolute atomic E-state index is 11.1. The third-order valence-electron chi connectivity index (χ3n) is 4.29. The molecule has 1 aliphatic carbocycles. The maximum atomic E-state index is 11.1. The van der Waals surface area contributed by atoms with Crippen molar-refractivity contribution in [2.24, 2.45) is 5.92 Å². The van der Waals surface area contributed by atoms with Gasteiger partial charge in [0.1, 0.15) is 8.07 Å². The van der Waals surface area contributed by atoms with E-state index in [1.54, 1.807) is 0 Å². The van der Waals surface area contributed by atoms with Gasteiger partial charge in [-0.3, -0.25) is 0 Å². The predicted molar refractivity (Wildman–Crippen MR) is 76.0 cm³/mol. The molecule has 1 fully saturated rings. The molecule has 1 saturated carbocycles. The summed E-state index contributed by atoms with van der Waals surface area (Å²) < 4.78 is 0. The van der Waals surface area contributed by atoms with Crippen LogP contribution in [0.5, 0.6) is 0 Å². The molecule has 17 heavy (non-hydrogen) atoms. The van der Waals surface area contributed by atoms with Crippen molar-refractivity contribution in [3.8, 4) is 0 Å². The van der Waals surface area contributed by atoms with Crippen molar-refractivity contribution in [1.29, 1.82) is 0 Å². The lowest BCUT2D eigenvalue weighted by molar-refractivity contribution is 0.0959. The Morgan fingerprint density at radius 3 is 2.41 bits per heavy atom. The van der Waals surface area contributed by atoms with Gasteiger partial charge in [-0.05, 0) is 25.2 Å². The van der Waals surface area contributed by atoms with Gasteiger partial charge in [0.15, 0.2) is 0 Å². The molecule has 1 atom stereocenters. The second-order valence-corrected chi connectivity index (χ2v) is 10.4. The van der Waals surface area contributed by atoms with Crippen LogP contribution in [-0.4, -0.2) is 18.4 Å². The van der Waals surface area contributed by atoms with Gasteiger partial charge < -0.3 is 5.11 Å². The van der Waals surface area contributed by atoms with Gasteiger partial charge in [-0.1, -0.05) is 54.7 Å². The first-order valence-electron chi connectivity index (χ1n) is 6.41. The minimum atomic E-state index is -1.87. The highest BCUT2D eigenvalue weighted by molar-refractivity contribution is 6.92. The van der Waals surface area contributed by atoms with Crippen LogP contribution in [0.2, 0.25) is 13.1 Å². The molecule has 0 saturated heterocycles. The van der Waals surface area contributed by atoms with Gasteiger partial charge in [0.05, 0.1) is 5.22 Å². The van der Waals surface area contributed by atoms with E-state index in [1.807, 2.05) is 12.1 Å². The Morgan fingerprint density at radius 2 is 1.94 bits per heavy atom. The summed E-state index contributed by atoms with van der Waals surface area (Å²) in [6.45, 7) is 8.39. The Morgan fingerprint density at radius 1 is 1.35 bits per heavy atom. The van der Waals surface area contributed by atoms with Crippen molar-refractivity contribution >= 4 is 13.3 Å². The van der Waals surface area contributed by atoms with Gasteiger partial charge in [-0.25, -0.2) is 0 Å². The average Bonchev–Trinajstić information content (AvgIpc) is 3.14. The van der Waals surface area contributed by atoms with E-state index in [0.29, 0.717) is 5.92 Å². The number of benzene rings is 1. The summed E-state index contributed by atoms with van der Waals surface area (Å²) in [5.41, 5.74) is 0. The largest absolute Gasteiger partial charge is 0.392 e. The van der Waals surface area contributed by atoms with E-state index in [0.717, 1.165) is 6.42 Å². The molecule has 1 aliphatic rings. The molecule has 0 amide bonds. The number of hydrogen-bond acceptors (Lipinski definition) is 1. The fourth-order valence-corrected chi connectivity index (χ4v) is 6.31. The van der Waals surface area contributed by atoms with E-state index >= 15 is 0 Å². The molecule has 2 rings (SSSR count). The fourth-order valence-electron chi connectivity index (χ4n) is 2.82. The smallest absolute Gasteiger partial charge is 0.117 e. The van der Waals surface area contributed by atoms with Gasteiger partial charge in [0.2, 0.25) is 0 Å². The van der Waals surface area contributed by atoms with Crippen LogP contribution in [0, 0.1) is 5.92 Å². The van der Waals surface area contributed by atoms with E-state index in [9.17, 15) is 5.11 Å². The van der Waals surface area contributed by atoms with Crippen molar-refractivity contribution in [2.45, 2.75) is 37.6 Å². The Bertz CT molecular complexity index is 395. The molecule has 2 heteroatoms. The van der Waals surface area contributed by atoms with Gasteiger partial charge >= 0.3 is 0 Å². The quantitative estimate of drug-likeness (QED) is 0.626. The molecule has 1 aromatic carbocycles. The van der Waals surface area contributed by atoms with Gasteiger partial charge in [0, 0.05) is 0 Å². The molecule has 0 bridgehead atoms. The van der Waals surface area contributed by atoms with Gasteiger partial charge in [0.25, 0.3) is 0 Å². The molecular formula is C15H22OSi. The van der Waals surface area contributed by atoms with Gasteiger partial charge in [-0.15, -0.1) is 6.58 Å². The lowest BCUT2D eigenvalue weighted by atomic mass is 10.1. The van der Waals surface area contributed by atoms with Crippen LogP contribution >= 0.6 is 0 Å². The zero-order chi connectivity index (χ0) is 12.5. The van der Waals surface area contributed by atoms with E-state index in [-0.39, 0.29) is 0 Å². The average molecular weight is 246 g/mol. The van der Waals surface area contributed by atoms with E-state index in [4.69, 9.17) is 0 Å². The summed E-state index contributed by atoms with van der Waals surface area (Å²) in [5, 5.41) is 11.9. The third kappa shape index (κ3) is 2.12. The fraction of sp³-hybridized carbons (Fsp3) is 0.467. The second kappa shape index (κ2) is 4.43. The van der Waals surface area contributed by atoms with Crippen LogP contribution in [0.1, 0.15) is 19.3 Å². The van der Waals surface area contributed by atoms with Crippen LogP contribution < -0.4 is 5.19 Å². The third-order valence-corrected chi connectivity index (χ3v) is 8.84. The molecule has 0 aliphatic heterocycles. The molecule has 1 N–H and O–H groups in total. The van der Waals surface area contributed by atoms with Crippen molar-refractivity contribution in [3.05, 3.63) is 43.0 Å². The number of aliphatic hydroxyl groups is 1. The summed E-state index contributed by atoms with van der Waals surface area (Å²) in [5.74, 6) is 0.488. The lowest BCUT2D eigenvalue weighted by Gasteiger charge is -2.41. The molecule has 0 spiro atoms. The molecule has 1 aromatic rings. The minimum Gasteiger partial charge on any atom is -0.392 e. The molecule has 0 aromatic heterocycles. The predicted octanol–water partition coefficient (Wildman–Crippen LogP) is 2.86. The molecular weight excluding hydrogens is 224 g/mol. The van der Waals surface area contributed by atoms with Crippen LogP contribution in [0.15, 0.2) is 43.0 Å². The highest BCUT2D eigenvalue weighted by atomic mass is 28.3. The van der Waals surface area contributed by atoms with Crippen molar-refractivity contribution < 1.29 is 5.11 Å². The number of hydrogen-bond donors (Lipinski definition) is 1. The first-order valence-corrected chi connectivity index (χ1v) is 9.41. The maximum Gasteiger partial charge on any atom is 0.117 e. The SMILES string of the molecule is C=CCC(O)(C1CC1)[Si](C)(C)c1ccccc1. The standard InChI is InChI=1S/C15H22OSi/c1-4-12-15(16,13-10-11-13)17(2,3)14-8-6-5-7-9-14/h4-9,13,16H,1,10-12H2,2-3H3. The van der Waals surface area contributed by atoms with E-state index in [2.05, 4.69) is 43.9 Å². The topological polar surface area (TPSA) is 20.2 Å². The van der Waals surface area contributed by atoms with Crippen LogP contribution in [-0.2, 0) is 0 Å². The first kappa shape index (κ1) is 12.6. The van der Waals surface area contributed by atoms with Crippen LogP contribution in [0.25, 0.3) is 0 Å². The monoisotopic (exact) mass is 246 g/mol. The highest BCUT2D eigenvalue weighted by Crippen LogP contribution is 2.46. The summed E-state index contributed by atoms with van der Waals surface area (Å²) in [4.78, 5) is 0. The highest BCUT2D eigenvalue weighted by Gasteiger charge is 2.54. The Hall–Kier alpha value is -0.863. The zero-order valence-electron chi connectivity index (χ0n) is 10.8. The summed E-state index contributed by atoms with van der Waals surface area (Å²) in [6.07, 6.45) is 4.96. The molecule has 0 heterocycles. The normalized spacial score (nSPS) is 19.7. The Labute approximate surface area is 105 Å². The van der Waals surface area contributed by atoms with E-state index in [1.165, 1.54) is 18.0 Å². The second-order valence-electron chi connectivity index (χ2n) is 5.68. The van der Waals surface area contributed by atoms with Crippen molar-refractivity contribution in [1.82, 2.24) is 0 Å². The number of rotatable bonds is 5. The van der Waals surface area contributed by atoms with Crippen LogP contribution in [0.4, 0.5) is 0 Å². The van der Waals surface area contributed by atoms with Gasteiger partial charge in [-0.2, -0.15) is 0 Å². The molecule has 1 nitrogen and oxygen atoms in total. The van der Waals surface area contributed by atoms with E-state index < -0.39 is 13.3 Å². The van der Waals surface area contributed by atoms with Crippen molar-refractivity contribution in [2.75, 3.05) is 0 Å². The summed E-state index contributed by atoms with van der Waals surface area (Å²) in [7, 11) is -1.87. The first-order chi connectivity index (χ1) is 8.02. The Balaban J connectivity index is 2.37. The minimum absolute atomic E-state index is 0.488.